The summed E-state index contributed by atoms with van der Waals surface area (Å²) in [5.74, 6) is -0.0129. The van der Waals surface area contributed by atoms with E-state index in [9.17, 15) is 4.79 Å². The Morgan fingerprint density at radius 3 is 1.64 bits per heavy atom. The minimum absolute atomic E-state index is 0.0129. The number of unbranched alkanes of at least 4 members (excludes halogenated alkanes) is 13. The van der Waals surface area contributed by atoms with Crippen molar-refractivity contribution in [3.63, 3.8) is 0 Å². The van der Waals surface area contributed by atoms with Gasteiger partial charge in [0, 0.05) is 6.42 Å². The molecule has 2 heteroatoms. The van der Waals surface area contributed by atoms with Crippen LogP contribution in [0.4, 0.5) is 0 Å². The molecule has 28 heavy (non-hydrogen) atoms. The third-order valence-corrected chi connectivity index (χ3v) is 4.81. The third-order valence-electron chi connectivity index (χ3n) is 4.81. The summed E-state index contributed by atoms with van der Waals surface area (Å²) < 4.78 is 5.15. The van der Waals surface area contributed by atoms with Crippen molar-refractivity contribution in [1.82, 2.24) is 0 Å². The van der Waals surface area contributed by atoms with Crippen LogP contribution in [-0.4, -0.2) is 12.6 Å². The van der Waals surface area contributed by atoms with E-state index in [1.807, 2.05) is 0 Å². The highest BCUT2D eigenvalue weighted by atomic mass is 16.5. The van der Waals surface area contributed by atoms with Crippen LogP contribution in [-0.2, 0) is 9.53 Å². The van der Waals surface area contributed by atoms with E-state index in [0.717, 1.165) is 25.7 Å². The summed E-state index contributed by atoms with van der Waals surface area (Å²) in [5, 5.41) is 0. The molecule has 0 atom stereocenters. The summed E-state index contributed by atoms with van der Waals surface area (Å²) in [5.41, 5.74) is 0. The number of allylic oxidation sites excluding steroid dienone is 2. The molecule has 0 aromatic rings. The zero-order valence-electron chi connectivity index (χ0n) is 19.8. The molecule has 0 rings (SSSR count). The second-order valence-corrected chi connectivity index (χ2v) is 7.72. The van der Waals surface area contributed by atoms with Gasteiger partial charge in [-0.05, 0) is 44.9 Å². The molecule has 0 amide bonds. The molecule has 0 aromatic carbocycles. The summed E-state index contributed by atoms with van der Waals surface area (Å²) in [6.45, 7) is 9.16. The van der Waals surface area contributed by atoms with E-state index in [4.69, 9.17) is 4.74 Å². The lowest BCUT2D eigenvalue weighted by molar-refractivity contribution is -0.143. The first kappa shape index (κ1) is 29.4. The van der Waals surface area contributed by atoms with E-state index in [1.165, 1.54) is 77.0 Å². The molecular formula is C26H51O2. The Morgan fingerprint density at radius 2 is 1.14 bits per heavy atom. The predicted molar refractivity (Wildman–Crippen MR) is 126 cm³/mol. The Hall–Kier alpha value is -0.790. The molecule has 0 N–H and O–H groups in total. The molecule has 0 heterocycles. The molecule has 0 saturated heterocycles. The molecule has 1 radical (unpaired) electrons. The lowest BCUT2D eigenvalue weighted by Gasteiger charge is -2.03. The number of carbonyl (C=O) groups excluding carboxylic acids is 1. The summed E-state index contributed by atoms with van der Waals surface area (Å²) in [6, 6.07) is 0. The smallest absolute Gasteiger partial charge is 0.305 e. The minimum atomic E-state index is -0.0129. The van der Waals surface area contributed by atoms with Crippen molar-refractivity contribution in [2.75, 3.05) is 6.61 Å². The van der Waals surface area contributed by atoms with Gasteiger partial charge in [-0.3, -0.25) is 4.79 Å². The molecule has 0 aliphatic carbocycles. The topological polar surface area (TPSA) is 26.3 Å². The fraction of sp³-hybridized carbons (Fsp3) is 0.846. The fourth-order valence-electron chi connectivity index (χ4n) is 2.74. The quantitative estimate of drug-likeness (QED) is 0.124. The van der Waals surface area contributed by atoms with Gasteiger partial charge in [-0.15, -0.1) is 0 Å². The van der Waals surface area contributed by atoms with Crippen LogP contribution in [0.1, 0.15) is 137 Å². The van der Waals surface area contributed by atoms with Crippen molar-refractivity contribution in [3.05, 3.63) is 18.6 Å². The average Bonchev–Trinajstić information content (AvgIpc) is 2.71. The number of esters is 1. The van der Waals surface area contributed by atoms with Gasteiger partial charge < -0.3 is 4.74 Å². The monoisotopic (exact) mass is 395 g/mol. The molecule has 167 valence electrons. The highest BCUT2D eigenvalue weighted by Gasteiger charge is 2.01. The first-order valence-corrected chi connectivity index (χ1v) is 12.3. The second kappa shape index (κ2) is 28.4. The first-order chi connectivity index (χ1) is 13.7. The Labute approximate surface area is 177 Å². The normalized spacial score (nSPS) is 10.7. The standard InChI is InChI=1S/C22H42O2.C4H9/c1-3-5-7-8-9-10-11-12-13-14-15-16-17-18-19-20-22(23)24-21-6-4-2;1-3-4-2/h12-13H,3-11,14-21H2,1-2H3;3H,4H2,1-2H3/b13-12-;. The number of ether oxygens (including phenoxy) is 1. The maximum atomic E-state index is 11.4. The van der Waals surface area contributed by atoms with Crippen molar-refractivity contribution in [3.8, 4) is 0 Å². The van der Waals surface area contributed by atoms with E-state index >= 15 is 0 Å². The Morgan fingerprint density at radius 1 is 0.679 bits per heavy atom. The van der Waals surface area contributed by atoms with Crippen LogP contribution in [0.5, 0.6) is 0 Å². The molecule has 0 aliphatic heterocycles. The predicted octanol–water partition coefficient (Wildman–Crippen LogP) is 8.99. The average molecular weight is 396 g/mol. The van der Waals surface area contributed by atoms with Crippen LogP contribution in [0.15, 0.2) is 12.2 Å². The summed E-state index contributed by atoms with van der Waals surface area (Å²) in [7, 11) is 0. The van der Waals surface area contributed by atoms with E-state index in [2.05, 4.69) is 46.3 Å². The Balaban J connectivity index is 0. The van der Waals surface area contributed by atoms with Gasteiger partial charge in [-0.25, -0.2) is 0 Å². The van der Waals surface area contributed by atoms with E-state index in [-0.39, 0.29) is 5.97 Å². The van der Waals surface area contributed by atoms with Gasteiger partial charge in [0.15, 0.2) is 0 Å². The van der Waals surface area contributed by atoms with Crippen molar-refractivity contribution < 1.29 is 9.53 Å². The number of hydrogen-bond acceptors (Lipinski definition) is 2. The van der Waals surface area contributed by atoms with Gasteiger partial charge >= 0.3 is 5.97 Å². The van der Waals surface area contributed by atoms with Crippen LogP contribution >= 0.6 is 0 Å². The van der Waals surface area contributed by atoms with Crippen LogP contribution in [0.2, 0.25) is 0 Å². The first-order valence-electron chi connectivity index (χ1n) is 12.3. The van der Waals surface area contributed by atoms with Crippen molar-refractivity contribution in [2.24, 2.45) is 0 Å². The second-order valence-electron chi connectivity index (χ2n) is 7.72. The molecule has 0 spiro atoms. The van der Waals surface area contributed by atoms with E-state index in [0.29, 0.717) is 13.0 Å². The lowest BCUT2D eigenvalue weighted by atomic mass is 10.1. The lowest BCUT2D eigenvalue weighted by Crippen LogP contribution is -2.05. The van der Waals surface area contributed by atoms with Crippen LogP contribution < -0.4 is 0 Å². The van der Waals surface area contributed by atoms with Gasteiger partial charge in [0.25, 0.3) is 0 Å². The largest absolute Gasteiger partial charge is 0.466 e. The number of rotatable bonds is 19. The Kier molecular flexibility index (Phi) is 29.9. The molecule has 0 fully saturated rings. The Bertz CT molecular complexity index is 308. The highest BCUT2D eigenvalue weighted by molar-refractivity contribution is 5.69. The summed E-state index contributed by atoms with van der Waals surface area (Å²) in [4.78, 5) is 11.4. The zero-order chi connectivity index (χ0) is 21.1. The molecule has 0 aromatic heterocycles. The van der Waals surface area contributed by atoms with Gasteiger partial charge in [-0.1, -0.05) is 104 Å². The molecule has 0 bridgehead atoms. The van der Waals surface area contributed by atoms with Crippen molar-refractivity contribution in [1.29, 1.82) is 0 Å². The van der Waals surface area contributed by atoms with E-state index in [1.54, 1.807) is 0 Å². The minimum Gasteiger partial charge on any atom is -0.466 e. The van der Waals surface area contributed by atoms with E-state index < -0.39 is 0 Å². The highest BCUT2D eigenvalue weighted by Crippen LogP contribution is 2.10. The van der Waals surface area contributed by atoms with Crippen LogP contribution in [0.3, 0.4) is 0 Å². The number of hydrogen-bond donors (Lipinski definition) is 0. The van der Waals surface area contributed by atoms with Crippen LogP contribution in [0.25, 0.3) is 0 Å². The van der Waals surface area contributed by atoms with Gasteiger partial charge in [0.05, 0.1) is 6.61 Å². The molecule has 2 nitrogen and oxygen atoms in total. The van der Waals surface area contributed by atoms with Gasteiger partial charge in [-0.2, -0.15) is 0 Å². The summed E-state index contributed by atoms with van der Waals surface area (Å²) in [6.07, 6.45) is 27.4. The zero-order valence-corrected chi connectivity index (χ0v) is 19.8. The third kappa shape index (κ3) is 30.0. The summed E-state index contributed by atoms with van der Waals surface area (Å²) >= 11 is 0. The molecule has 0 aliphatic rings. The molecule has 0 unspecified atom stereocenters. The number of carbonyl (C=O) groups is 1. The van der Waals surface area contributed by atoms with Gasteiger partial charge in [0.2, 0.25) is 0 Å². The van der Waals surface area contributed by atoms with Crippen LogP contribution in [0, 0.1) is 6.42 Å². The van der Waals surface area contributed by atoms with Crippen molar-refractivity contribution >= 4 is 5.97 Å². The molecular weight excluding hydrogens is 344 g/mol. The maximum absolute atomic E-state index is 11.4. The van der Waals surface area contributed by atoms with Gasteiger partial charge in [0.1, 0.15) is 0 Å². The maximum Gasteiger partial charge on any atom is 0.305 e. The van der Waals surface area contributed by atoms with Crippen molar-refractivity contribution in [2.45, 2.75) is 137 Å². The SMILES string of the molecule is CCCCCCCC/C=C\CCCCCCCC(=O)OCCCC.C[CH]CC. The molecule has 0 saturated carbocycles. The fourth-order valence-corrected chi connectivity index (χ4v) is 2.74.